The van der Waals surface area contributed by atoms with Gasteiger partial charge in [0, 0.05) is 20.6 Å². The van der Waals surface area contributed by atoms with Crippen LogP contribution in [0.3, 0.4) is 0 Å². The van der Waals surface area contributed by atoms with Crippen LogP contribution in [0.1, 0.15) is 12.5 Å². The summed E-state index contributed by atoms with van der Waals surface area (Å²) in [5.74, 6) is -0.681. The van der Waals surface area contributed by atoms with Gasteiger partial charge >= 0.3 is 5.97 Å². The molecule has 2 amide bonds. The molecule has 0 heterocycles. The highest BCUT2D eigenvalue weighted by Gasteiger charge is 2.16. The predicted octanol–water partition coefficient (Wildman–Crippen LogP) is 0.904. The molecule has 1 aromatic rings. The van der Waals surface area contributed by atoms with E-state index in [1.165, 1.54) is 17.9 Å². The first-order valence-corrected chi connectivity index (χ1v) is 8.41. The third kappa shape index (κ3) is 8.87. The van der Waals surface area contributed by atoms with E-state index in [9.17, 15) is 14.4 Å². The monoisotopic (exact) mass is 378 g/mol. The number of nitrogens with zero attached hydrogens (tertiary/aromatic N) is 1. The second-order valence-electron chi connectivity index (χ2n) is 5.87. The molecular weight excluding hydrogens is 352 g/mol. The molecule has 0 radical (unpaired) electrons. The van der Waals surface area contributed by atoms with Crippen molar-refractivity contribution in [3.63, 3.8) is 0 Å². The fourth-order valence-corrected chi connectivity index (χ4v) is 1.81. The summed E-state index contributed by atoms with van der Waals surface area (Å²) in [7, 11) is 3.30. The lowest BCUT2D eigenvalue weighted by molar-refractivity contribution is -0.158. The summed E-state index contributed by atoms with van der Waals surface area (Å²) in [5.41, 5.74) is 0.784. The van der Waals surface area contributed by atoms with E-state index in [0.717, 1.165) is 5.56 Å². The summed E-state index contributed by atoms with van der Waals surface area (Å²) in [6.45, 7) is 5.02. The van der Waals surface area contributed by atoms with Crippen LogP contribution in [-0.2, 0) is 30.4 Å². The molecule has 1 atom stereocenters. The molecule has 1 rings (SSSR count). The lowest BCUT2D eigenvalue weighted by atomic mass is 10.2. The van der Waals surface area contributed by atoms with Gasteiger partial charge in [-0.2, -0.15) is 0 Å². The normalized spacial score (nSPS) is 11.2. The summed E-state index contributed by atoms with van der Waals surface area (Å²) in [6, 6.07) is 7.01. The van der Waals surface area contributed by atoms with Gasteiger partial charge in [-0.15, -0.1) is 6.58 Å². The van der Waals surface area contributed by atoms with Crippen LogP contribution in [0.15, 0.2) is 36.9 Å². The van der Waals surface area contributed by atoms with Gasteiger partial charge in [-0.05, 0) is 24.6 Å². The number of rotatable bonds is 11. The molecule has 0 aromatic heterocycles. The number of hydrogen-bond acceptors (Lipinski definition) is 6. The van der Waals surface area contributed by atoms with Crippen molar-refractivity contribution in [2.45, 2.75) is 19.6 Å². The maximum absolute atomic E-state index is 11.8. The van der Waals surface area contributed by atoms with Crippen LogP contribution in [0, 0.1) is 0 Å². The molecule has 0 aliphatic heterocycles. The maximum atomic E-state index is 11.8. The highest BCUT2D eigenvalue weighted by molar-refractivity contribution is 5.81. The highest BCUT2D eigenvalue weighted by atomic mass is 16.6. The van der Waals surface area contributed by atoms with Gasteiger partial charge < -0.3 is 24.4 Å². The van der Waals surface area contributed by atoms with E-state index >= 15 is 0 Å². The number of hydrogen-bond donors (Lipinski definition) is 1. The van der Waals surface area contributed by atoms with Gasteiger partial charge in [0.25, 0.3) is 11.8 Å². The first-order chi connectivity index (χ1) is 12.8. The Balaban J connectivity index is 2.39. The van der Waals surface area contributed by atoms with Crippen LogP contribution < -0.4 is 10.1 Å². The Bertz CT molecular complexity index is 659. The maximum Gasteiger partial charge on any atom is 0.335 e. The van der Waals surface area contributed by atoms with Crippen molar-refractivity contribution in [2.75, 3.05) is 33.9 Å². The molecule has 0 spiro atoms. The minimum absolute atomic E-state index is 0.0646. The molecule has 1 unspecified atom stereocenters. The molecule has 1 aromatic carbocycles. The zero-order chi connectivity index (χ0) is 20.2. The number of esters is 1. The summed E-state index contributed by atoms with van der Waals surface area (Å²) in [5, 5.41) is 2.64. The van der Waals surface area contributed by atoms with Crippen molar-refractivity contribution in [3.8, 4) is 5.75 Å². The fourth-order valence-electron chi connectivity index (χ4n) is 1.81. The Kier molecular flexibility index (Phi) is 9.60. The van der Waals surface area contributed by atoms with E-state index in [2.05, 4.69) is 11.9 Å². The lowest BCUT2D eigenvalue weighted by Gasteiger charge is -2.13. The standard InChI is InChI=1S/C19H26N2O6/c1-5-9-25-14(2)19(24)27-12-17(22)20-11-15-7-6-8-16(10-15)26-13-18(23)21(3)4/h5-8,10,14H,1,9,11-13H2,2-4H3,(H,20,22). The summed E-state index contributed by atoms with van der Waals surface area (Å²) < 4.78 is 15.4. The molecule has 0 aliphatic rings. The van der Waals surface area contributed by atoms with E-state index < -0.39 is 24.6 Å². The topological polar surface area (TPSA) is 94.2 Å². The quantitative estimate of drug-likeness (QED) is 0.454. The van der Waals surface area contributed by atoms with Gasteiger partial charge in [-0.25, -0.2) is 4.79 Å². The van der Waals surface area contributed by atoms with Gasteiger partial charge in [0.2, 0.25) is 0 Å². The second kappa shape index (κ2) is 11.7. The van der Waals surface area contributed by atoms with Gasteiger partial charge in [0.15, 0.2) is 19.3 Å². The van der Waals surface area contributed by atoms with E-state index in [4.69, 9.17) is 14.2 Å². The zero-order valence-electron chi connectivity index (χ0n) is 15.9. The van der Waals surface area contributed by atoms with E-state index in [1.807, 2.05) is 0 Å². The molecule has 0 aliphatic carbocycles. The van der Waals surface area contributed by atoms with E-state index in [0.29, 0.717) is 5.75 Å². The van der Waals surface area contributed by atoms with Gasteiger partial charge in [-0.3, -0.25) is 9.59 Å². The summed E-state index contributed by atoms with van der Waals surface area (Å²) in [4.78, 5) is 36.4. The number of ether oxygens (including phenoxy) is 3. The first-order valence-electron chi connectivity index (χ1n) is 8.41. The van der Waals surface area contributed by atoms with Crippen molar-refractivity contribution in [1.82, 2.24) is 10.2 Å². The van der Waals surface area contributed by atoms with Crippen LogP contribution in [0.4, 0.5) is 0 Å². The van der Waals surface area contributed by atoms with Crippen molar-refractivity contribution in [3.05, 3.63) is 42.5 Å². The number of amides is 2. The summed E-state index contributed by atoms with van der Waals surface area (Å²) in [6.07, 6.45) is 0.750. The third-order valence-electron chi connectivity index (χ3n) is 3.39. The SMILES string of the molecule is C=CCOC(C)C(=O)OCC(=O)NCc1cccc(OCC(=O)N(C)C)c1. The summed E-state index contributed by atoms with van der Waals surface area (Å²) >= 11 is 0. The Morgan fingerprint density at radius 3 is 2.67 bits per heavy atom. The molecule has 0 saturated heterocycles. The van der Waals surface area contributed by atoms with Gasteiger partial charge in [0.1, 0.15) is 5.75 Å². The molecule has 0 saturated carbocycles. The fraction of sp³-hybridized carbons (Fsp3) is 0.421. The Labute approximate surface area is 159 Å². The van der Waals surface area contributed by atoms with Crippen LogP contribution >= 0.6 is 0 Å². The molecule has 27 heavy (non-hydrogen) atoms. The van der Waals surface area contributed by atoms with Crippen LogP contribution in [-0.4, -0.2) is 62.7 Å². The van der Waals surface area contributed by atoms with Crippen LogP contribution in [0.5, 0.6) is 5.75 Å². The number of likely N-dealkylation sites (N-methyl/N-ethyl adjacent to an activating group) is 1. The number of benzene rings is 1. The van der Waals surface area contributed by atoms with Crippen molar-refractivity contribution >= 4 is 17.8 Å². The lowest BCUT2D eigenvalue weighted by Crippen LogP contribution is -2.31. The minimum atomic E-state index is -0.769. The third-order valence-corrected chi connectivity index (χ3v) is 3.39. The molecule has 0 fully saturated rings. The Morgan fingerprint density at radius 1 is 1.26 bits per heavy atom. The van der Waals surface area contributed by atoms with E-state index in [-0.39, 0.29) is 25.7 Å². The molecule has 0 bridgehead atoms. The molecular formula is C19H26N2O6. The zero-order valence-corrected chi connectivity index (χ0v) is 15.9. The van der Waals surface area contributed by atoms with Gasteiger partial charge in [0.05, 0.1) is 6.61 Å². The molecule has 148 valence electrons. The van der Waals surface area contributed by atoms with E-state index in [1.54, 1.807) is 38.4 Å². The highest BCUT2D eigenvalue weighted by Crippen LogP contribution is 2.13. The molecule has 8 nitrogen and oxygen atoms in total. The van der Waals surface area contributed by atoms with Crippen molar-refractivity contribution in [2.24, 2.45) is 0 Å². The molecule has 1 N–H and O–H groups in total. The van der Waals surface area contributed by atoms with Crippen molar-refractivity contribution < 1.29 is 28.6 Å². The van der Waals surface area contributed by atoms with Crippen molar-refractivity contribution in [1.29, 1.82) is 0 Å². The smallest absolute Gasteiger partial charge is 0.335 e. The predicted molar refractivity (Wildman–Crippen MR) is 99.0 cm³/mol. The number of carbonyl (C=O) groups excluding carboxylic acids is 3. The number of nitrogens with one attached hydrogen (secondary N) is 1. The van der Waals surface area contributed by atoms with Crippen LogP contribution in [0.2, 0.25) is 0 Å². The second-order valence-corrected chi connectivity index (χ2v) is 5.87. The molecule has 8 heteroatoms. The largest absolute Gasteiger partial charge is 0.484 e. The first kappa shape index (κ1) is 22.2. The Morgan fingerprint density at radius 2 is 2.00 bits per heavy atom. The Hall–Kier alpha value is -2.87. The average molecular weight is 378 g/mol. The van der Waals surface area contributed by atoms with Crippen LogP contribution in [0.25, 0.3) is 0 Å². The number of carbonyl (C=O) groups is 3. The van der Waals surface area contributed by atoms with Gasteiger partial charge in [-0.1, -0.05) is 18.2 Å². The minimum Gasteiger partial charge on any atom is -0.484 e. The average Bonchev–Trinajstić information content (AvgIpc) is 2.66.